The molecule has 2 aliphatic rings. The number of carbonyl (C=O) groups is 1. The molecule has 0 spiro atoms. The first-order valence-corrected chi connectivity index (χ1v) is 13.2. The zero-order valence-electron chi connectivity index (χ0n) is 19.3. The molecular formula is C25H33N3O4S. The molecule has 0 unspecified atom stereocenters. The lowest BCUT2D eigenvalue weighted by atomic mass is 10.1. The first-order chi connectivity index (χ1) is 16.0. The quantitative estimate of drug-likeness (QED) is 0.659. The summed E-state index contributed by atoms with van der Waals surface area (Å²) < 4.78 is 33.3. The number of piperidine rings is 2. The summed E-state index contributed by atoms with van der Waals surface area (Å²) in [6, 6.07) is 12.6. The molecule has 0 atom stereocenters. The van der Waals surface area contributed by atoms with Gasteiger partial charge < -0.3 is 15.0 Å². The number of sulfonamides is 1. The summed E-state index contributed by atoms with van der Waals surface area (Å²) in [7, 11) is -1.99. The van der Waals surface area contributed by atoms with Crippen LogP contribution in [0, 0.1) is 0 Å². The van der Waals surface area contributed by atoms with Crippen LogP contribution in [0.25, 0.3) is 0 Å². The van der Waals surface area contributed by atoms with Crippen molar-refractivity contribution >= 4 is 27.3 Å². The van der Waals surface area contributed by atoms with Gasteiger partial charge in [-0.1, -0.05) is 18.6 Å². The number of hydrogen-bond donors (Lipinski definition) is 1. The summed E-state index contributed by atoms with van der Waals surface area (Å²) in [6.45, 7) is 2.90. The fourth-order valence-corrected chi connectivity index (χ4v) is 6.15. The Bertz CT molecular complexity index is 1070. The molecule has 0 radical (unpaired) electrons. The molecule has 2 saturated heterocycles. The zero-order chi connectivity index (χ0) is 23.3. The number of benzene rings is 2. The number of amides is 1. The van der Waals surface area contributed by atoms with Gasteiger partial charge >= 0.3 is 0 Å². The molecule has 7 nitrogen and oxygen atoms in total. The maximum absolute atomic E-state index is 13.3. The third-order valence-electron chi connectivity index (χ3n) is 6.39. The number of hydrogen-bond acceptors (Lipinski definition) is 5. The largest absolute Gasteiger partial charge is 0.497 e. The topological polar surface area (TPSA) is 78.9 Å². The SMILES string of the molecule is COc1cccc(CC(=O)Nc2cc(S(=O)(=O)N3CCCCC3)ccc2N2CCCCC2)c1. The van der Waals surface area contributed by atoms with E-state index in [0.717, 1.165) is 56.4 Å². The number of anilines is 2. The molecule has 8 heteroatoms. The second-order valence-corrected chi connectivity index (χ2v) is 10.7. The Hall–Kier alpha value is -2.58. The lowest BCUT2D eigenvalue weighted by Crippen LogP contribution is -2.36. The van der Waals surface area contributed by atoms with Gasteiger partial charge in [-0.3, -0.25) is 4.79 Å². The van der Waals surface area contributed by atoms with E-state index in [1.807, 2.05) is 30.3 Å². The van der Waals surface area contributed by atoms with Crippen LogP contribution in [0.3, 0.4) is 0 Å². The van der Waals surface area contributed by atoms with E-state index in [1.165, 1.54) is 6.42 Å². The summed E-state index contributed by atoms with van der Waals surface area (Å²) >= 11 is 0. The van der Waals surface area contributed by atoms with Gasteiger partial charge in [-0.15, -0.1) is 0 Å². The average molecular weight is 472 g/mol. The number of ether oxygens (including phenoxy) is 1. The van der Waals surface area contributed by atoms with Gasteiger partial charge in [-0.05, 0) is 68.0 Å². The molecule has 4 rings (SSSR count). The predicted molar refractivity (Wildman–Crippen MR) is 130 cm³/mol. The second kappa shape index (κ2) is 10.6. The van der Waals surface area contributed by atoms with E-state index in [1.54, 1.807) is 23.5 Å². The minimum Gasteiger partial charge on any atom is -0.497 e. The van der Waals surface area contributed by atoms with E-state index < -0.39 is 10.0 Å². The third kappa shape index (κ3) is 5.68. The Morgan fingerprint density at radius 1 is 0.939 bits per heavy atom. The highest BCUT2D eigenvalue weighted by atomic mass is 32.2. The fraction of sp³-hybridized carbons (Fsp3) is 0.480. The summed E-state index contributed by atoms with van der Waals surface area (Å²) in [4.78, 5) is 15.4. The summed E-state index contributed by atoms with van der Waals surface area (Å²) in [6.07, 6.45) is 6.38. The predicted octanol–water partition coefficient (Wildman–Crippen LogP) is 4.04. The van der Waals surface area contributed by atoms with Crippen molar-refractivity contribution in [3.8, 4) is 5.75 Å². The standard InChI is InChI=1S/C25H33N3O4S/c1-32-21-10-8-9-20(17-21)18-25(29)26-23-19-22(33(30,31)28-15-6-3-7-16-28)11-12-24(23)27-13-4-2-5-14-27/h8-12,17,19H,2-7,13-16,18H2,1H3,(H,26,29). The molecule has 2 heterocycles. The number of nitrogens with zero attached hydrogens (tertiary/aromatic N) is 2. The van der Waals surface area contributed by atoms with Crippen molar-refractivity contribution in [3.63, 3.8) is 0 Å². The highest BCUT2D eigenvalue weighted by Crippen LogP contribution is 2.33. The molecule has 2 fully saturated rings. The van der Waals surface area contributed by atoms with Crippen LogP contribution in [-0.4, -0.2) is 51.9 Å². The molecule has 1 amide bonds. The van der Waals surface area contributed by atoms with E-state index in [2.05, 4.69) is 10.2 Å². The molecule has 2 aliphatic heterocycles. The van der Waals surface area contributed by atoms with Gasteiger partial charge in [0.25, 0.3) is 0 Å². The van der Waals surface area contributed by atoms with Gasteiger partial charge in [-0.25, -0.2) is 8.42 Å². The Kier molecular flexibility index (Phi) is 7.55. The van der Waals surface area contributed by atoms with E-state index >= 15 is 0 Å². The lowest BCUT2D eigenvalue weighted by molar-refractivity contribution is -0.115. The molecule has 2 aromatic rings. The molecule has 2 aromatic carbocycles. The van der Waals surface area contributed by atoms with Crippen LogP contribution in [0.1, 0.15) is 44.1 Å². The van der Waals surface area contributed by atoms with Crippen LogP contribution in [0.15, 0.2) is 47.4 Å². The van der Waals surface area contributed by atoms with Gasteiger partial charge in [0.15, 0.2) is 0 Å². The van der Waals surface area contributed by atoms with Crippen LogP contribution in [0.4, 0.5) is 11.4 Å². The zero-order valence-corrected chi connectivity index (χ0v) is 20.1. The van der Waals surface area contributed by atoms with Gasteiger partial charge in [0.05, 0.1) is 29.8 Å². The van der Waals surface area contributed by atoms with E-state index in [-0.39, 0.29) is 17.2 Å². The molecule has 0 aliphatic carbocycles. The molecule has 33 heavy (non-hydrogen) atoms. The Labute approximate surface area is 196 Å². The fourth-order valence-electron chi connectivity index (χ4n) is 4.60. The molecular weight excluding hydrogens is 438 g/mol. The van der Waals surface area contributed by atoms with Crippen molar-refractivity contribution in [3.05, 3.63) is 48.0 Å². The van der Waals surface area contributed by atoms with E-state index in [0.29, 0.717) is 24.5 Å². The Morgan fingerprint density at radius 2 is 1.64 bits per heavy atom. The molecule has 0 saturated carbocycles. The average Bonchev–Trinajstić information content (AvgIpc) is 2.85. The lowest BCUT2D eigenvalue weighted by Gasteiger charge is -2.31. The number of methoxy groups -OCH3 is 1. The van der Waals surface area contributed by atoms with Crippen LogP contribution in [-0.2, 0) is 21.2 Å². The van der Waals surface area contributed by atoms with E-state index in [9.17, 15) is 13.2 Å². The van der Waals surface area contributed by atoms with Crippen molar-refractivity contribution in [1.82, 2.24) is 4.31 Å². The van der Waals surface area contributed by atoms with Crippen molar-refractivity contribution < 1.29 is 17.9 Å². The van der Waals surface area contributed by atoms with Gasteiger partial charge in [-0.2, -0.15) is 4.31 Å². The highest BCUT2D eigenvalue weighted by molar-refractivity contribution is 7.89. The minimum atomic E-state index is -3.59. The number of nitrogens with one attached hydrogen (secondary N) is 1. The van der Waals surface area contributed by atoms with Crippen LogP contribution in [0.2, 0.25) is 0 Å². The van der Waals surface area contributed by atoms with Crippen molar-refractivity contribution in [2.75, 3.05) is 43.5 Å². The number of carbonyl (C=O) groups excluding carboxylic acids is 1. The summed E-state index contributed by atoms with van der Waals surface area (Å²) in [5.41, 5.74) is 2.28. The highest BCUT2D eigenvalue weighted by Gasteiger charge is 2.27. The maximum atomic E-state index is 13.3. The molecule has 0 aromatic heterocycles. The normalized spacial score (nSPS) is 17.5. The second-order valence-electron chi connectivity index (χ2n) is 8.77. The monoisotopic (exact) mass is 471 g/mol. The smallest absolute Gasteiger partial charge is 0.243 e. The minimum absolute atomic E-state index is 0.180. The Balaban J connectivity index is 1.61. The maximum Gasteiger partial charge on any atom is 0.243 e. The molecule has 1 N–H and O–H groups in total. The third-order valence-corrected chi connectivity index (χ3v) is 8.29. The van der Waals surface area contributed by atoms with Crippen LogP contribution in [0.5, 0.6) is 5.75 Å². The van der Waals surface area contributed by atoms with Crippen molar-refractivity contribution in [2.24, 2.45) is 0 Å². The van der Waals surface area contributed by atoms with Gasteiger partial charge in [0, 0.05) is 26.2 Å². The first-order valence-electron chi connectivity index (χ1n) is 11.8. The molecule has 178 valence electrons. The van der Waals surface area contributed by atoms with E-state index in [4.69, 9.17) is 4.74 Å². The summed E-state index contributed by atoms with van der Waals surface area (Å²) in [5.74, 6) is 0.512. The Morgan fingerprint density at radius 3 is 2.33 bits per heavy atom. The van der Waals surface area contributed by atoms with Crippen LogP contribution >= 0.6 is 0 Å². The van der Waals surface area contributed by atoms with Crippen molar-refractivity contribution in [2.45, 2.75) is 49.8 Å². The first kappa shape index (κ1) is 23.6. The van der Waals surface area contributed by atoms with Crippen molar-refractivity contribution in [1.29, 1.82) is 0 Å². The number of rotatable bonds is 7. The van der Waals surface area contributed by atoms with Gasteiger partial charge in [0.2, 0.25) is 15.9 Å². The molecule has 0 bridgehead atoms. The summed E-state index contributed by atoms with van der Waals surface area (Å²) in [5, 5.41) is 3.00. The van der Waals surface area contributed by atoms with Gasteiger partial charge in [0.1, 0.15) is 5.75 Å². The van der Waals surface area contributed by atoms with Crippen LogP contribution < -0.4 is 15.0 Å².